The Morgan fingerprint density at radius 2 is 2.14 bits per heavy atom. The van der Waals surface area contributed by atoms with Crippen molar-refractivity contribution in [3.8, 4) is 0 Å². The Morgan fingerprint density at radius 1 is 1.38 bits per heavy atom. The summed E-state index contributed by atoms with van der Waals surface area (Å²) in [6, 6.07) is 8.33. The molecule has 0 saturated heterocycles. The average Bonchev–Trinajstić information content (AvgIpc) is 2.86. The molecule has 4 nitrogen and oxygen atoms in total. The number of benzene rings is 1. The van der Waals surface area contributed by atoms with Gasteiger partial charge in [0.05, 0.1) is 29.5 Å². The minimum Gasteiger partial charge on any atom is -0.383 e. The Kier molecular flexibility index (Phi) is 4.15. The summed E-state index contributed by atoms with van der Waals surface area (Å²) in [6.45, 7) is 1.22. The summed E-state index contributed by atoms with van der Waals surface area (Å²) in [5, 5.41) is 15.6. The van der Waals surface area contributed by atoms with Crippen molar-refractivity contribution < 1.29 is 9.84 Å². The van der Waals surface area contributed by atoms with Gasteiger partial charge in [-0.1, -0.05) is 24.3 Å². The molecule has 2 aromatic rings. The van der Waals surface area contributed by atoms with Crippen LogP contribution >= 0.6 is 15.9 Å². The lowest BCUT2D eigenvalue weighted by Gasteiger charge is -2.34. The minimum absolute atomic E-state index is 0.577. The number of aliphatic hydroxyl groups is 1. The van der Waals surface area contributed by atoms with Gasteiger partial charge in [-0.3, -0.25) is 4.68 Å². The van der Waals surface area contributed by atoms with Gasteiger partial charge in [-0.05, 0) is 39.9 Å². The van der Waals surface area contributed by atoms with Crippen LogP contribution in [0.15, 0.2) is 34.9 Å². The van der Waals surface area contributed by atoms with Crippen molar-refractivity contribution in [2.45, 2.75) is 31.4 Å². The van der Waals surface area contributed by atoms with Crippen LogP contribution in [0.25, 0.3) is 0 Å². The molecule has 0 saturated carbocycles. The van der Waals surface area contributed by atoms with Gasteiger partial charge in [-0.25, -0.2) is 0 Å². The van der Waals surface area contributed by atoms with E-state index in [4.69, 9.17) is 4.74 Å². The Hall–Kier alpha value is -1.17. The number of aryl methyl sites for hydroxylation is 1. The van der Waals surface area contributed by atoms with E-state index in [9.17, 15) is 5.11 Å². The molecule has 1 aliphatic carbocycles. The number of aromatic nitrogens is 2. The Balaban J connectivity index is 1.95. The van der Waals surface area contributed by atoms with Gasteiger partial charge >= 0.3 is 0 Å². The monoisotopic (exact) mass is 350 g/mol. The molecular weight excluding hydrogens is 332 g/mol. The van der Waals surface area contributed by atoms with Crippen LogP contribution in [-0.4, -0.2) is 28.6 Å². The normalized spacial score (nSPS) is 21.3. The van der Waals surface area contributed by atoms with Gasteiger partial charge in [0.1, 0.15) is 5.60 Å². The molecule has 21 heavy (non-hydrogen) atoms. The van der Waals surface area contributed by atoms with E-state index in [1.807, 2.05) is 10.7 Å². The summed E-state index contributed by atoms with van der Waals surface area (Å²) >= 11 is 3.54. The number of methoxy groups -OCH3 is 1. The topological polar surface area (TPSA) is 47.3 Å². The SMILES string of the molecule is COCCn1ncc(Br)c1C1(O)CCc2ccccc2C1. The summed E-state index contributed by atoms with van der Waals surface area (Å²) in [7, 11) is 1.67. The third-order valence-corrected chi connectivity index (χ3v) is 4.73. The van der Waals surface area contributed by atoms with Crippen molar-refractivity contribution in [3.63, 3.8) is 0 Å². The highest BCUT2D eigenvalue weighted by Gasteiger charge is 2.38. The molecule has 1 aromatic carbocycles. The largest absolute Gasteiger partial charge is 0.383 e. The van der Waals surface area contributed by atoms with Crippen LogP contribution in [0, 0.1) is 0 Å². The molecule has 112 valence electrons. The van der Waals surface area contributed by atoms with Crippen LogP contribution in [0.2, 0.25) is 0 Å². The number of fused-ring (bicyclic) bond motifs is 1. The molecule has 0 radical (unpaired) electrons. The molecular formula is C16H19BrN2O2. The van der Waals surface area contributed by atoms with Gasteiger partial charge < -0.3 is 9.84 Å². The highest BCUT2D eigenvalue weighted by Crippen LogP contribution is 2.39. The third-order valence-electron chi connectivity index (χ3n) is 4.15. The van der Waals surface area contributed by atoms with Gasteiger partial charge in [0, 0.05) is 13.5 Å². The zero-order valence-corrected chi connectivity index (χ0v) is 13.6. The van der Waals surface area contributed by atoms with E-state index in [1.54, 1.807) is 13.3 Å². The van der Waals surface area contributed by atoms with Crippen LogP contribution in [-0.2, 0) is 29.7 Å². The molecule has 0 spiro atoms. The number of hydrogen-bond donors (Lipinski definition) is 1. The summed E-state index contributed by atoms with van der Waals surface area (Å²) in [6.07, 6.45) is 3.97. The summed E-state index contributed by atoms with van der Waals surface area (Å²) in [5.41, 5.74) is 2.53. The minimum atomic E-state index is -0.878. The Labute approximate surface area is 132 Å². The fourth-order valence-corrected chi connectivity index (χ4v) is 3.76. The van der Waals surface area contributed by atoms with Crippen molar-refractivity contribution in [2.75, 3.05) is 13.7 Å². The van der Waals surface area contributed by atoms with Gasteiger partial charge in [0.25, 0.3) is 0 Å². The van der Waals surface area contributed by atoms with E-state index in [0.29, 0.717) is 26.0 Å². The summed E-state index contributed by atoms with van der Waals surface area (Å²) in [5.74, 6) is 0. The maximum absolute atomic E-state index is 11.2. The first kappa shape index (κ1) is 14.8. The van der Waals surface area contributed by atoms with Crippen LogP contribution in [0.1, 0.15) is 23.2 Å². The van der Waals surface area contributed by atoms with Gasteiger partial charge in [0.15, 0.2) is 0 Å². The highest BCUT2D eigenvalue weighted by atomic mass is 79.9. The van der Waals surface area contributed by atoms with E-state index in [1.165, 1.54) is 11.1 Å². The molecule has 0 amide bonds. The second-order valence-electron chi connectivity index (χ2n) is 5.53. The second kappa shape index (κ2) is 5.91. The maximum atomic E-state index is 11.2. The number of ether oxygens (including phenoxy) is 1. The third kappa shape index (κ3) is 2.78. The lowest BCUT2D eigenvalue weighted by Crippen LogP contribution is -2.36. The smallest absolute Gasteiger partial charge is 0.112 e. The predicted octanol–water partition coefficient (Wildman–Crippen LogP) is 2.67. The fraction of sp³-hybridized carbons (Fsp3) is 0.438. The first-order chi connectivity index (χ1) is 10.1. The molecule has 1 N–H and O–H groups in total. The van der Waals surface area contributed by atoms with Crippen LogP contribution in [0.4, 0.5) is 0 Å². The maximum Gasteiger partial charge on any atom is 0.112 e. The number of nitrogens with zero attached hydrogens (tertiary/aromatic N) is 2. The predicted molar refractivity (Wildman–Crippen MR) is 84.2 cm³/mol. The standard InChI is InChI=1S/C16H19BrN2O2/c1-21-9-8-19-15(14(17)11-18-19)16(20)7-6-12-4-2-3-5-13(12)10-16/h2-5,11,20H,6-10H2,1H3. The molecule has 1 heterocycles. The molecule has 5 heteroatoms. The molecule has 0 fully saturated rings. The van der Waals surface area contributed by atoms with Crippen LogP contribution in [0.3, 0.4) is 0 Å². The van der Waals surface area contributed by atoms with E-state index in [-0.39, 0.29) is 0 Å². The number of rotatable bonds is 4. The van der Waals surface area contributed by atoms with Gasteiger partial charge in [0.2, 0.25) is 0 Å². The second-order valence-corrected chi connectivity index (χ2v) is 6.39. The van der Waals surface area contributed by atoms with Crippen LogP contribution in [0.5, 0.6) is 0 Å². The number of hydrogen-bond acceptors (Lipinski definition) is 3. The summed E-state index contributed by atoms with van der Waals surface area (Å²) < 4.78 is 7.84. The van der Waals surface area contributed by atoms with E-state index in [0.717, 1.165) is 16.6 Å². The number of halogens is 1. The molecule has 1 aliphatic rings. The van der Waals surface area contributed by atoms with Crippen molar-refractivity contribution in [1.82, 2.24) is 9.78 Å². The lowest BCUT2D eigenvalue weighted by molar-refractivity contribution is 0.0115. The highest BCUT2D eigenvalue weighted by molar-refractivity contribution is 9.10. The molecule has 1 unspecified atom stereocenters. The van der Waals surface area contributed by atoms with E-state index >= 15 is 0 Å². The molecule has 1 atom stereocenters. The van der Waals surface area contributed by atoms with Gasteiger partial charge in [-0.2, -0.15) is 5.10 Å². The molecule has 1 aromatic heterocycles. The zero-order chi connectivity index (χ0) is 14.9. The lowest BCUT2D eigenvalue weighted by atomic mass is 9.78. The van der Waals surface area contributed by atoms with E-state index in [2.05, 4.69) is 39.2 Å². The first-order valence-electron chi connectivity index (χ1n) is 7.14. The van der Waals surface area contributed by atoms with E-state index < -0.39 is 5.60 Å². The van der Waals surface area contributed by atoms with Crippen molar-refractivity contribution in [3.05, 3.63) is 51.8 Å². The Bertz CT molecular complexity index is 641. The van der Waals surface area contributed by atoms with Crippen molar-refractivity contribution >= 4 is 15.9 Å². The molecule has 0 aliphatic heterocycles. The van der Waals surface area contributed by atoms with Crippen molar-refractivity contribution in [1.29, 1.82) is 0 Å². The van der Waals surface area contributed by atoms with Crippen molar-refractivity contribution in [2.24, 2.45) is 0 Å². The first-order valence-corrected chi connectivity index (χ1v) is 7.93. The molecule has 0 bridgehead atoms. The molecule has 3 rings (SSSR count). The zero-order valence-electron chi connectivity index (χ0n) is 12.1. The van der Waals surface area contributed by atoms with Gasteiger partial charge in [-0.15, -0.1) is 0 Å². The Morgan fingerprint density at radius 3 is 2.90 bits per heavy atom. The van der Waals surface area contributed by atoms with Crippen LogP contribution < -0.4 is 0 Å². The summed E-state index contributed by atoms with van der Waals surface area (Å²) in [4.78, 5) is 0. The fourth-order valence-electron chi connectivity index (χ4n) is 3.09. The quantitative estimate of drug-likeness (QED) is 0.921. The average molecular weight is 351 g/mol.